The molecule has 0 radical (unpaired) electrons. The molecule has 1 aromatic carbocycles. The smallest absolute Gasteiger partial charge is 0.123 e. The molecule has 0 heterocycles. The van der Waals surface area contributed by atoms with Crippen LogP contribution in [0.5, 0.6) is 0 Å². The number of rotatable bonds is 11. The van der Waals surface area contributed by atoms with Gasteiger partial charge in [0.2, 0.25) is 0 Å². The minimum atomic E-state index is -0.154. The number of aryl methyl sites for hydroxylation is 1. The summed E-state index contributed by atoms with van der Waals surface area (Å²) in [7, 11) is 0. The van der Waals surface area contributed by atoms with Crippen LogP contribution in [0.4, 0.5) is 4.39 Å². The summed E-state index contributed by atoms with van der Waals surface area (Å²) in [5, 5.41) is 0. The summed E-state index contributed by atoms with van der Waals surface area (Å²) in [6.45, 7) is 0. The average Bonchev–Trinajstić information content (AvgIpc) is 2.43. The van der Waals surface area contributed by atoms with Crippen LogP contribution in [0.3, 0.4) is 0 Å². The third-order valence-electron chi connectivity index (χ3n) is 3.45. The number of hydrogen-bond acceptors (Lipinski definition) is 1. The van der Waals surface area contributed by atoms with Crippen molar-refractivity contribution in [2.45, 2.75) is 64.2 Å². The molecule has 19 heavy (non-hydrogen) atoms. The van der Waals surface area contributed by atoms with Crippen LogP contribution in [-0.2, 0) is 11.2 Å². The maximum atomic E-state index is 12.7. The van der Waals surface area contributed by atoms with Crippen LogP contribution >= 0.6 is 0 Å². The van der Waals surface area contributed by atoms with Crippen LogP contribution in [0.25, 0.3) is 0 Å². The van der Waals surface area contributed by atoms with E-state index >= 15 is 0 Å². The van der Waals surface area contributed by atoms with Gasteiger partial charge in [-0.1, -0.05) is 50.7 Å². The molecule has 0 spiro atoms. The highest BCUT2D eigenvalue weighted by atomic mass is 19.1. The molecule has 0 aliphatic heterocycles. The van der Waals surface area contributed by atoms with Gasteiger partial charge in [-0.05, 0) is 37.0 Å². The third-order valence-corrected chi connectivity index (χ3v) is 3.45. The highest BCUT2D eigenvalue weighted by Gasteiger charge is 1.95. The van der Waals surface area contributed by atoms with Crippen molar-refractivity contribution in [3.63, 3.8) is 0 Å². The minimum Gasteiger partial charge on any atom is -0.303 e. The first kappa shape index (κ1) is 15.9. The van der Waals surface area contributed by atoms with Crippen molar-refractivity contribution in [3.8, 4) is 0 Å². The maximum Gasteiger partial charge on any atom is 0.123 e. The van der Waals surface area contributed by atoms with Gasteiger partial charge in [0.15, 0.2) is 0 Å². The lowest BCUT2D eigenvalue weighted by Crippen LogP contribution is -1.87. The summed E-state index contributed by atoms with van der Waals surface area (Å²) in [5.41, 5.74) is 1.23. The number of halogens is 1. The molecule has 0 bridgehead atoms. The van der Waals surface area contributed by atoms with Gasteiger partial charge in [0.25, 0.3) is 0 Å². The Balaban J connectivity index is 1.88. The molecule has 0 unspecified atom stereocenters. The van der Waals surface area contributed by atoms with Crippen molar-refractivity contribution in [1.29, 1.82) is 0 Å². The van der Waals surface area contributed by atoms with Crippen molar-refractivity contribution in [2.75, 3.05) is 0 Å². The minimum absolute atomic E-state index is 0.154. The van der Waals surface area contributed by atoms with E-state index in [0.717, 1.165) is 25.5 Å². The van der Waals surface area contributed by atoms with Crippen molar-refractivity contribution in [2.24, 2.45) is 0 Å². The third kappa shape index (κ3) is 8.52. The predicted molar refractivity (Wildman–Crippen MR) is 77.7 cm³/mol. The molecule has 0 N–H and O–H groups in total. The van der Waals surface area contributed by atoms with E-state index in [0.29, 0.717) is 0 Å². The van der Waals surface area contributed by atoms with E-state index in [1.54, 1.807) is 0 Å². The van der Waals surface area contributed by atoms with E-state index < -0.39 is 0 Å². The topological polar surface area (TPSA) is 17.1 Å². The van der Waals surface area contributed by atoms with E-state index in [-0.39, 0.29) is 5.82 Å². The zero-order valence-corrected chi connectivity index (χ0v) is 11.7. The lowest BCUT2D eigenvalue weighted by molar-refractivity contribution is -0.107. The molecule has 0 saturated carbocycles. The molecule has 106 valence electrons. The first-order chi connectivity index (χ1) is 9.33. The highest BCUT2D eigenvalue weighted by molar-refractivity contribution is 5.48. The fraction of sp³-hybridized carbons (Fsp3) is 0.588. The van der Waals surface area contributed by atoms with Crippen LogP contribution in [0, 0.1) is 5.82 Å². The Morgan fingerprint density at radius 3 is 1.89 bits per heavy atom. The monoisotopic (exact) mass is 264 g/mol. The molecule has 0 aliphatic rings. The second-order valence-electron chi connectivity index (χ2n) is 5.16. The average molecular weight is 264 g/mol. The fourth-order valence-corrected chi connectivity index (χ4v) is 2.27. The number of aldehydes is 1. The van der Waals surface area contributed by atoms with Crippen LogP contribution in [-0.4, -0.2) is 6.29 Å². The van der Waals surface area contributed by atoms with Crippen LogP contribution < -0.4 is 0 Å². The second kappa shape index (κ2) is 10.7. The van der Waals surface area contributed by atoms with Gasteiger partial charge in [0, 0.05) is 6.42 Å². The van der Waals surface area contributed by atoms with Gasteiger partial charge in [0.05, 0.1) is 0 Å². The number of carbonyl (C=O) groups is 1. The van der Waals surface area contributed by atoms with Crippen LogP contribution in [0.1, 0.15) is 63.4 Å². The SMILES string of the molecule is O=CCCCCCCCCCCc1ccc(F)cc1. The first-order valence-electron chi connectivity index (χ1n) is 7.51. The molecule has 0 amide bonds. The fourth-order valence-electron chi connectivity index (χ4n) is 2.27. The molecule has 1 nitrogen and oxygen atoms in total. The van der Waals surface area contributed by atoms with Gasteiger partial charge >= 0.3 is 0 Å². The molecule has 1 rings (SSSR count). The van der Waals surface area contributed by atoms with Crippen molar-refractivity contribution in [3.05, 3.63) is 35.6 Å². The van der Waals surface area contributed by atoms with Gasteiger partial charge in [-0.15, -0.1) is 0 Å². The normalized spacial score (nSPS) is 10.6. The Labute approximate surface area is 116 Å². The van der Waals surface area contributed by atoms with Crippen LogP contribution in [0.15, 0.2) is 24.3 Å². The van der Waals surface area contributed by atoms with Crippen molar-refractivity contribution < 1.29 is 9.18 Å². The molecular formula is C17H25FO. The Hall–Kier alpha value is -1.18. The van der Waals surface area contributed by atoms with Gasteiger partial charge in [-0.2, -0.15) is 0 Å². The molecule has 0 saturated heterocycles. The van der Waals surface area contributed by atoms with E-state index in [4.69, 9.17) is 0 Å². The molecule has 0 aromatic heterocycles. The van der Waals surface area contributed by atoms with Gasteiger partial charge in [-0.25, -0.2) is 4.39 Å². The quantitative estimate of drug-likeness (QED) is 0.402. The number of unbranched alkanes of at least 4 members (excludes halogenated alkanes) is 8. The largest absolute Gasteiger partial charge is 0.303 e. The standard InChI is InChI=1S/C17H25FO/c18-17-13-11-16(12-14-17)10-8-6-4-2-1-3-5-7-9-15-19/h11-15H,1-10H2. The molecule has 0 fully saturated rings. The Bertz CT molecular complexity index is 332. The Morgan fingerprint density at radius 1 is 0.789 bits per heavy atom. The number of benzene rings is 1. The van der Waals surface area contributed by atoms with Crippen molar-refractivity contribution >= 4 is 6.29 Å². The first-order valence-corrected chi connectivity index (χ1v) is 7.51. The molecule has 0 atom stereocenters. The summed E-state index contributed by atoms with van der Waals surface area (Å²) < 4.78 is 12.7. The van der Waals surface area contributed by atoms with Crippen LogP contribution in [0.2, 0.25) is 0 Å². The van der Waals surface area contributed by atoms with Gasteiger partial charge in [0.1, 0.15) is 12.1 Å². The lowest BCUT2D eigenvalue weighted by Gasteiger charge is -2.02. The summed E-state index contributed by atoms with van der Waals surface area (Å²) in [5.74, 6) is -0.154. The summed E-state index contributed by atoms with van der Waals surface area (Å²) in [6.07, 6.45) is 12.6. The number of hydrogen-bond donors (Lipinski definition) is 0. The zero-order chi connectivity index (χ0) is 13.8. The predicted octanol–water partition coefficient (Wildman–Crippen LogP) is 5.08. The summed E-state index contributed by atoms with van der Waals surface area (Å²) in [6, 6.07) is 6.83. The van der Waals surface area contributed by atoms with E-state index in [2.05, 4.69) is 0 Å². The molecule has 2 heteroatoms. The van der Waals surface area contributed by atoms with E-state index in [9.17, 15) is 9.18 Å². The molecular weight excluding hydrogens is 239 g/mol. The second-order valence-corrected chi connectivity index (χ2v) is 5.16. The van der Waals surface area contributed by atoms with Gasteiger partial charge < -0.3 is 4.79 Å². The lowest BCUT2D eigenvalue weighted by atomic mass is 10.0. The summed E-state index contributed by atoms with van der Waals surface area (Å²) >= 11 is 0. The summed E-state index contributed by atoms with van der Waals surface area (Å²) in [4.78, 5) is 10.1. The van der Waals surface area contributed by atoms with Crippen molar-refractivity contribution in [1.82, 2.24) is 0 Å². The zero-order valence-electron chi connectivity index (χ0n) is 11.7. The Kier molecular flexibility index (Phi) is 8.95. The van der Waals surface area contributed by atoms with E-state index in [1.165, 1.54) is 62.6 Å². The van der Waals surface area contributed by atoms with Gasteiger partial charge in [-0.3, -0.25) is 0 Å². The molecule has 1 aromatic rings. The number of carbonyl (C=O) groups excluding carboxylic acids is 1. The molecule has 0 aliphatic carbocycles. The Morgan fingerprint density at radius 2 is 1.32 bits per heavy atom. The maximum absolute atomic E-state index is 12.7. The highest BCUT2D eigenvalue weighted by Crippen LogP contribution is 2.12. The van der Waals surface area contributed by atoms with E-state index in [1.807, 2.05) is 12.1 Å².